The van der Waals surface area contributed by atoms with E-state index in [2.05, 4.69) is 19.1 Å². The summed E-state index contributed by atoms with van der Waals surface area (Å²) >= 11 is 0. The van der Waals surface area contributed by atoms with Gasteiger partial charge < -0.3 is 9.64 Å². The maximum atomic E-state index is 12.3. The quantitative estimate of drug-likeness (QED) is 0.145. The summed E-state index contributed by atoms with van der Waals surface area (Å²) in [6.07, 6.45) is 23.9. The number of carbonyl (C=O) groups excluding carboxylic acids is 2. The van der Waals surface area contributed by atoms with Crippen molar-refractivity contribution in [3.8, 4) is 0 Å². The van der Waals surface area contributed by atoms with Gasteiger partial charge in [0.15, 0.2) is 6.10 Å². The topological polar surface area (TPSA) is 46.6 Å². The van der Waals surface area contributed by atoms with Gasteiger partial charge in [0.1, 0.15) is 0 Å². The molecule has 0 saturated carbocycles. The van der Waals surface area contributed by atoms with Crippen LogP contribution >= 0.6 is 0 Å². The molecule has 1 atom stereocenters. The zero-order valence-corrected chi connectivity index (χ0v) is 19.8. The molecule has 0 radical (unpaired) electrons. The summed E-state index contributed by atoms with van der Waals surface area (Å²) in [4.78, 5) is 26.1. The van der Waals surface area contributed by atoms with Gasteiger partial charge in [0.05, 0.1) is 0 Å². The molecule has 0 N–H and O–H groups in total. The predicted molar refractivity (Wildman–Crippen MR) is 125 cm³/mol. The van der Waals surface area contributed by atoms with E-state index in [1.165, 1.54) is 77.0 Å². The molecule has 1 aliphatic rings. The van der Waals surface area contributed by atoms with Gasteiger partial charge in [0.2, 0.25) is 0 Å². The van der Waals surface area contributed by atoms with Crippen molar-refractivity contribution in [1.29, 1.82) is 0 Å². The highest BCUT2D eigenvalue weighted by atomic mass is 16.5. The zero-order valence-electron chi connectivity index (χ0n) is 19.8. The second kappa shape index (κ2) is 18.4. The van der Waals surface area contributed by atoms with Crippen molar-refractivity contribution in [2.45, 2.75) is 129 Å². The van der Waals surface area contributed by atoms with Gasteiger partial charge in [0, 0.05) is 19.5 Å². The number of hydrogen-bond donors (Lipinski definition) is 0. The fourth-order valence-electron chi connectivity index (χ4n) is 4.02. The number of unbranched alkanes of at least 4 members (excludes halogenated alkanes) is 11. The normalized spacial score (nSPS) is 15.5. The molecule has 1 heterocycles. The molecule has 0 aromatic heterocycles. The van der Waals surface area contributed by atoms with Crippen LogP contribution in [0.25, 0.3) is 0 Å². The van der Waals surface area contributed by atoms with E-state index < -0.39 is 6.10 Å². The van der Waals surface area contributed by atoms with Gasteiger partial charge in [-0.15, -0.1) is 0 Å². The highest BCUT2D eigenvalue weighted by molar-refractivity contribution is 5.83. The highest BCUT2D eigenvalue weighted by Gasteiger charge is 2.24. The Morgan fingerprint density at radius 3 is 1.93 bits per heavy atom. The Bertz CT molecular complexity index is 469. The standard InChI is InChI=1S/C26H47NO3/c1-3-4-5-6-7-8-9-10-11-12-13-14-15-16-18-21-25(28)30-24(2)26(29)27-22-19-17-20-23-27/h10-11,24H,3-9,12-23H2,1-2H3/b11-10-. The number of rotatable bonds is 17. The van der Waals surface area contributed by atoms with Crippen molar-refractivity contribution < 1.29 is 14.3 Å². The summed E-state index contributed by atoms with van der Waals surface area (Å²) in [5, 5.41) is 0. The van der Waals surface area contributed by atoms with Crippen LogP contribution in [-0.4, -0.2) is 36.0 Å². The fraction of sp³-hybridized carbons (Fsp3) is 0.846. The van der Waals surface area contributed by atoms with Gasteiger partial charge in [-0.2, -0.15) is 0 Å². The Morgan fingerprint density at radius 2 is 1.33 bits per heavy atom. The van der Waals surface area contributed by atoms with E-state index >= 15 is 0 Å². The van der Waals surface area contributed by atoms with Crippen molar-refractivity contribution in [1.82, 2.24) is 4.90 Å². The molecular weight excluding hydrogens is 374 g/mol. The maximum Gasteiger partial charge on any atom is 0.306 e. The molecule has 1 fully saturated rings. The van der Waals surface area contributed by atoms with Crippen molar-refractivity contribution in [2.24, 2.45) is 0 Å². The lowest BCUT2D eigenvalue weighted by Gasteiger charge is -2.28. The van der Waals surface area contributed by atoms with Gasteiger partial charge in [-0.1, -0.05) is 70.4 Å². The first-order valence-corrected chi connectivity index (χ1v) is 12.8. The molecule has 0 aromatic rings. The number of likely N-dealkylation sites (tertiary alicyclic amines) is 1. The Kier molecular flexibility index (Phi) is 16.4. The number of amides is 1. The molecular formula is C26H47NO3. The first-order valence-electron chi connectivity index (χ1n) is 12.8. The van der Waals surface area contributed by atoms with Gasteiger partial charge in [-0.05, 0) is 58.3 Å². The average molecular weight is 422 g/mol. The lowest BCUT2D eigenvalue weighted by Crippen LogP contribution is -2.42. The SMILES string of the molecule is CCCCCCCC/C=C\CCCCCCCC(=O)OC(C)C(=O)N1CCCCC1. The third kappa shape index (κ3) is 13.8. The van der Waals surface area contributed by atoms with Crippen molar-refractivity contribution in [2.75, 3.05) is 13.1 Å². The van der Waals surface area contributed by atoms with Gasteiger partial charge in [-0.25, -0.2) is 0 Å². The van der Waals surface area contributed by atoms with E-state index in [1.807, 2.05) is 4.90 Å². The maximum absolute atomic E-state index is 12.3. The third-order valence-electron chi connectivity index (χ3n) is 5.97. The molecule has 0 aromatic carbocycles. The van der Waals surface area contributed by atoms with Crippen LogP contribution in [0, 0.1) is 0 Å². The molecule has 4 heteroatoms. The van der Waals surface area contributed by atoms with Crippen molar-refractivity contribution in [3.05, 3.63) is 12.2 Å². The predicted octanol–water partition coefficient (Wildman–Crippen LogP) is 6.97. The number of piperidine rings is 1. The minimum Gasteiger partial charge on any atom is -0.453 e. The number of hydrogen-bond acceptors (Lipinski definition) is 3. The summed E-state index contributed by atoms with van der Waals surface area (Å²) in [6, 6.07) is 0. The lowest BCUT2D eigenvalue weighted by molar-refractivity contribution is -0.159. The minimum absolute atomic E-state index is 0.0346. The first kappa shape index (κ1) is 26.7. The second-order valence-corrected chi connectivity index (χ2v) is 8.85. The number of nitrogens with zero attached hydrogens (tertiary/aromatic N) is 1. The largest absolute Gasteiger partial charge is 0.453 e. The molecule has 0 spiro atoms. The van der Waals surface area contributed by atoms with E-state index in [-0.39, 0.29) is 11.9 Å². The summed E-state index contributed by atoms with van der Waals surface area (Å²) in [7, 11) is 0. The summed E-state index contributed by atoms with van der Waals surface area (Å²) in [5.41, 5.74) is 0. The Labute approximate surface area is 185 Å². The monoisotopic (exact) mass is 421 g/mol. The number of esters is 1. The van der Waals surface area contributed by atoms with E-state index in [1.54, 1.807) is 6.92 Å². The van der Waals surface area contributed by atoms with Crippen LogP contribution in [0.1, 0.15) is 123 Å². The van der Waals surface area contributed by atoms with Gasteiger partial charge in [-0.3, -0.25) is 9.59 Å². The summed E-state index contributed by atoms with van der Waals surface area (Å²) in [6.45, 7) is 5.57. The Morgan fingerprint density at radius 1 is 0.800 bits per heavy atom. The van der Waals surface area contributed by atoms with E-state index in [9.17, 15) is 9.59 Å². The van der Waals surface area contributed by atoms with Crippen LogP contribution < -0.4 is 0 Å². The van der Waals surface area contributed by atoms with Gasteiger partial charge in [0.25, 0.3) is 5.91 Å². The summed E-state index contributed by atoms with van der Waals surface area (Å²) in [5.74, 6) is -0.266. The van der Waals surface area contributed by atoms with E-state index in [0.717, 1.165) is 38.8 Å². The number of allylic oxidation sites excluding steroid dienone is 2. The number of ether oxygens (including phenoxy) is 1. The molecule has 1 unspecified atom stereocenters. The van der Waals surface area contributed by atoms with Gasteiger partial charge >= 0.3 is 5.97 Å². The molecule has 1 saturated heterocycles. The van der Waals surface area contributed by atoms with E-state index in [0.29, 0.717) is 6.42 Å². The van der Waals surface area contributed by atoms with Crippen LogP contribution in [0.2, 0.25) is 0 Å². The van der Waals surface area contributed by atoms with Crippen LogP contribution in [0.3, 0.4) is 0 Å². The molecule has 174 valence electrons. The Balaban J connectivity index is 1.90. The number of carbonyl (C=O) groups is 2. The smallest absolute Gasteiger partial charge is 0.306 e. The minimum atomic E-state index is -0.640. The van der Waals surface area contributed by atoms with Crippen LogP contribution in [0.4, 0.5) is 0 Å². The summed E-state index contributed by atoms with van der Waals surface area (Å²) < 4.78 is 5.35. The van der Waals surface area contributed by atoms with Crippen LogP contribution in [0.5, 0.6) is 0 Å². The molecule has 0 aliphatic carbocycles. The Hall–Kier alpha value is -1.32. The first-order chi connectivity index (χ1) is 14.6. The molecule has 0 bridgehead atoms. The van der Waals surface area contributed by atoms with Crippen LogP contribution in [-0.2, 0) is 14.3 Å². The van der Waals surface area contributed by atoms with Crippen LogP contribution in [0.15, 0.2) is 12.2 Å². The zero-order chi connectivity index (χ0) is 21.9. The van der Waals surface area contributed by atoms with Crippen molar-refractivity contribution >= 4 is 11.9 Å². The molecule has 1 amide bonds. The molecule has 30 heavy (non-hydrogen) atoms. The fourth-order valence-corrected chi connectivity index (χ4v) is 4.02. The molecule has 1 rings (SSSR count). The second-order valence-electron chi connectivity index (χ2n) is 8.85. The molecule has 1 aliphatic heterocycles. The highest BCUT2D eigenvalue weighted by Crippen LogP contribution is 2.13. The average Bonchev–Trinajstić information content (AvgIpc) is 2.76. The van der Waals surface area contributed by atoms with Crippen molar-refractivity contribution in [3.63, 3.8) is 0 Å². The third-order valence-corrected chi connectivity index (χ3v) is 5.97. The molecule has 4 nitrogen and oxygen atoms in total. The van der Waals surface area contributed by atoms with E-state index in [4.69, 9.17) is 4.74 Å². The lowest BCUT2D eigenvalue weighted by atomic mass is 10.1.